The van der Waals surface area contributed by atoms with Gasteiger partial charge in [0.25, 0.3) is 0 Å². The van der Waals surface area contributed by atoms with Crippen LogP contribution in [0.5, 0.6) is 0 Å². The Balaban J connectivity index is 2.42. The number of rotatable bonds is 2. The molecule has 1 aromatic carbocycles. The van der Waals surface area contributed by atoms with E-state index in [-0.39, 0.29) is 6.04 Å². The highest BCUT2D eigenvalue weighted by Crippen LogP contribution is 2.30. The minimum Gasteiger partial charge on any atom is -0.323 e. The molecule has 0 aliphatic carbocycles. The first kappa shape index (κ1) is 10.6. The smallest absolute Gasteiger partial charge is 0.125 e. The third-order valence-corrected chi connectivity index (χ3v) is 3.32. The highest BCUT2D eigenvalue weighted by molar-refractivity contribution is 7.13. The van der Waals surface area contributed by atoms with Crippen molar-refractivity contribution in [2.45, 2.75) is 13.0 Å². The lowest BCUT2D eigenvalue weighted by atomic mass is 10.2. The highest BCUT2D eigenvalue weighted by Gasteiger charge is 2.09. The van der Waals surface area contributed by atoms with Gasteiger partial charge in [-0.05, 0) is 13.0 Å². The summed E-state index contributed by atoms with van der Waals surface area (Å²) in [6, 6.07) is 7.66. The number of hydrogen-bond acceptors (Lipinski definition) is 3. The predicted molar refractivity (Wildman–Crippen MR) is 65.2 cm³/mol. The van der Waals surface area contributed by atoms with Crippen LogP contribution >= 0.6 is 22.9 Å². The van der Waals surface area contributed by atoms with E-state index in [0.29, 0.717) is 0 Å². The summed E-state index contributed by atoms with van der Waals surface area (Å²) in [6.45, 7) is 1.92. The van der Waals surface area contributed by atoms with Gasteiger partial charge in [0.2, 0.25) is 0 Å². The first-order chi connectivity index (χ1) is 7.18. The Morgan fingerprint density at radius 1 is 1.40 bits per heavy atom. The molecular weight excluding hydrogens is 228 g/mol. The average molecular weight is 239 g/mol. The highest BCUT2D eigenvalue weighted by atomic mass is 35.5. The summed E-state index contributed by atoms with van der Waals surface area (Å²) >= 11 is 7.65. The van der Waals surface area contributed by atoms with Gasteiger partial charge < -0.3 is 5.73 Å². The molecule has 0 radical (unpaired) electrons. The van der Waals surface area contributed by atoms with Crippen molar-refractivity contribution in [3.8, 4) is 10.6 Å². The molecule has 0 fully saturated rings. The summed E-state index contributed by atoms with van der Waals surface area (Å²) in [5.74, 6) is 0. The van der Waals surface area contributed by atoms with Crippen molar-refractivity contribution in [3.05, 3.63) is 40.4 Å². The maximum atomic E-state index is 6.08. The zero-order chi connectivity index (χ0) is 10.8. The first-order valence-electron chi connectivity index (χ1n) is 4.64. The molecule has 78 valence electrons. The molecule has 0 aliphatic rings. The molecule has 2 rings (SSSR count). The van der Waals surface area contributed by atoms with E-state index in [1.807, 2.05) is 36.6 Å². The van der Waals surface area contributed by atoms with Crippen molar-refractivity contribution in [1.82, 2.24) is 4.98 Å². The summed E-state index contributed by atoms with van der Waals surface area (Å²) in [5.41, 5.74) is 7.63. The molecule has 1 unspecified atom stereocenters. The van der Waals surface area contributed by atoms with E-state index in [1.165, 1.54) is 0 Å². The molecule has 0 amide bonds. The van der Waals surface area contributed by atoms with Crippen LogP contribution < -0.4 is 5.73 Å². The molecule has 0 bridgehead atoms. The summed E-state index contributed by atoms with van der Waals surface area (Å²) in [7, 11) is 0. The molecule has 1 aromatic heterocycles. The van der Waals surface area contributed by atoms with Gasteiger partial charge in [-0.25, -0.2) is 4.98 Å². The van der Waals surface area contributed by atoms with Gasteiger partial charge in [0.05, 0.1) is 10.7 Å². The Labute approximate surface area is 97.7 Å². The van der Waals surface area contributed by atoms with E-state index in [2.05, 4.69) is 4.98 Å². The van der Waals surface area contributed by atoms with Crippen molar-refractivity contribution >= 4 is 22.9 Å². The van der Waals surface area contributed by atoms with Crippen LogP contribution in [-0.2, 0) is 0 Å². The van der Waals surface area contributed by atoms with Gasteiger partial charge in [-0.1, -0.05) is 29.8 Å². The van der Waals surface area contributed by atoms with E-state index in [1.54, 1.807) is 11.3 Å². The summed E-state index contributed by atoms with van der Waals surface area (Å²) in [4.78, 5) is 4.45. The normalized spacial score (nSPS) is 12.7. The topological polar surface area (TPSA) is 38.9 Å². The third-order valence-electron chi connectivity index (χ3n) is 2.09. The van der Waals surface area contributed by atoms with Crippen LogP contribution in [-0.4, -0.2) is 4.98 Å². The summed E-state index contributed by atoms with van der Waals surface area (Å²) in [6.07, 6.45) is 0. The number of nitrogens with zero attached hydrogens (tertiary/aromatic N) is 1. The molecule has 15 heavy (non-hydrogen) atoms. The lowest BCUT2D eigenvalue weighted by molar-refractivity contribution is 0.790. The molecule has 1 atom stereocenters. The second-order valence-corrected chi connectivity index (χ2v) is 4.61. The van der Waals surface area contributed by atoms with Gasteiger partial charge >= 0.3 is 0 Å². The predicted octanol–water partition coefficient (Wildman–Crippen LogP) is 3.48. The largest absolute Gasteiger partial charge is 0.323 e. The number of hydrogen-bond donors (Lipinski definition) is 1. The summed E-state index contributed by atoms with van der Waals surface area (Å²) in [5, 5.41) is 3.62. The molecule has 4 heteroatoms. The molecule has 2 nitrogen and oxygen atoms in total. The number of halogens is 1. The fraction of sp³-hybridized carbons (Fsp3) is 0.182. The number of benzene rings is 1. The minimum atomic E-state index is -0.0301. The van der Waals surface area contributed by atoms with Gasteiger partial charge in [-0.15, -0.1) is 11.3 Å². The molecule has 0 aliphatic heterocycles. The Morgan fingerprint density at radius 2 is 2.13 bits per heavy atom. The molecule has 2 N–H and O–H groups in total. The van der Waals surface area contributed by atoms with Crippen molar-refractivity contribution in [2.75, 3.05) is 0 Å². The van der Waals surface area contributed by atoms with E-state index in [4.69, 9.17) is 17.3 Å². The van der Waals surface area contributed by atoms with E-state index in [9.17, 15) is 0 Å². The standard InChI is InChI=1S/C11H11ClN2S/c1-7(13)10-6-15-11(14-10)8-4-2-3-5-9(8)12/h2-7H,13H2,1H3. The maximum absolute atomic E-state index is 6.08. The van der Waals surface area contributed by atoms with Crippen LogP contribution in [0.2, 0.25) is 5.02 Å². The Hall–Kier alpha value is -0.900. The van der Waals surface area contributed by atoms with Crippen LogP contribution in [0.15, 0.2) is 29.6 Å². The number of thiazole rings is 1. The van der Waals surface area contributed by atoms with Gasteiger partial charge in [0.15, 0.2) is 0 Å². The van der Waals surface area contributed by atoms with Crippen LogP contribution in [0.25, 0.3) is 10.6 Å². The molecular formula is C11H11ClN2S. The third kappa shape index (κ3) is 2.20. The molecule has 2 aromatic rings. The van der Waals surface area contributed by atoms with Crippen LogP contribution in [0.4, 0.5) is 0 Å². The van der Waals surface area contributed by atoms with Gasteiger partial charge in [-0.2, -0.15) is 0 Å². The molecule has 0 spiro atoms. The maximum Gasteiger partial charge on any atom is 0.125 e. The fourth-order valence-corrected chi connectivity index (χ4v) is 2.50. The Bertz CT molecular complexity index is 465. The molecule has 0 saturated heterocycles. The molecule has 1 heterocycles. The lowest BCUT2D eigenvalue weighted by Gasteiger charge is -2.00. The zero-order valence-corrected chi connectivity index (χ0v) is 9.85. The number of aromatic nitrogens is 1. The van der Waals surface area contributed by atoms with Crippen molar-refractivity contribution < 1.29 is 0 Å². The van der Waals surface area contributed by atoms with Gasteiger partial charge in [0, 0.05) is 17.0 Å². The monoisotopic (exact) mass is 238 g/mol. The zero-order valence-electron chi connectivity index (χ0n) is 8.27. The van der Waals surface area contributed by atoms with Crippen molar-refractivity contribution in [2.24, 2.45) is 5.73 Å². The van der Waals surface area contributed by atoms with Crippen LogP contribution in [0.3, 0.4) is 0 Å². The van der Waals surface area contributed by atoms with Gasteiger partial charge in [-0.3, -0.25) is 0 Å². The second kappa shape index (κ2) is 4.31. The SMILES string of the molecule is CC(N)c1csc(-c2ccccc2Cl)n1. The first-order valence-corrected chi connectivity index (χ1v) is 5.90. The van der Waals surface area contributed by atoms with Crippen molar-refractivity contribution in [1.29, 1.82) is 0 Å². The average Bonchev–Trinajstić information content (AvgIpc) is 2.67. The lowest BCUT2D eigenvalue weighted by Crippen LogP contribution is -2.04. The van der Waals surface area contributed by atoms with Crippen LogP contribution in [0, 0.1) is 0 Å². The Kier molecular flexibility index (Phi) is 3.05. The number of nitrogens with two attached hydrogens (primary N) is 1. The van der Waals surface area contributed by atoms with E-state index in [0.717, 1.165) is 21.3 Å². The Morgan fingerprint density at radius 3 is 2.73 bits per heavy atom. The van der Waals surface area contributed by atoms with Crippen molar-refractivity contribution in [3.63, 3.8) is 0 Å². The fourth-order valence-electron chi connectivity index (χ4n) is 1.25. The van der Waals surface area contributed by atoms with E-state index >= 15 is 0 Å². The van der Waals surface area contributed by atoms with E-state index < -0.39 is 0 Å². The quantitative estimate of drug-likeness (QED) is 0.870. The van der Waals surface area contributed by atoms with Crippen LogP contribution in [0.1, 0.15) is 18.7 Å². The molecule has 0 saturated carbocycles. The summed E-state index contributed by atoms with van der Waals surface area (Å²) < 4.78 is 0. The minimum absolute atomic E-state index is 0.0301. The second-order valence-electron chi connectivity index (χ2n) is 3.35. The van der Waals surface area contributed by atoms with Gasteiger partial charge in [0.1, 0.15) is 5.01 Å².